The predicted octanol–water partition coefficient (Wildman–Crippen LogP) is 5.60. The number of rotatable bonds is 7. The standard InChI is InChI=1S/C25H25N3O3/c1-4-28(5-2)20-11-6-18(7-12-20)25-27-22-16-19(10-15-23(22)31-25)26-24(29)17-8-13-21(30-3)14-9-17/h6-16H,4-5H2,1-3H3,(H,26,29). The van der Waals surface area contributed by atoms with Gasteiger partial charge in [0.05, 0.1) is 7.11 Å². The Morgan fingerprint density at radius 2 is 1.71 bits per heavy atom. The molecule has 0 fully saturated rings. The highest BCUT2D eigenvalue weighted by Crippen LogP contribution is 2.28. The van der Waals surface area contributed by atoms with Crippen molar-refractivity contribution in [3.63, 3.8) is 0 Å². The summed E-state index contributed by atoms with van der Waals surface area (Å²) in [5, 5.41) is 2.90. The number of carbonyl (C=O) groups excluding carboxylic acids is 1. The molecule has 4 aromatic rings. The average molecular weight is 415 g/mol. The molecule has 1 aromatic heterocycles. The third kappa shape index (κ3) is 4.38. The monoisotopic (exact) mass is 415 g/mol. The van der Waals surface area contributed by atoms with Crippen molar-refractivity contribution >= 4 is 28.4 Å². The van der Waals surface area contributed by atoms with Gasteiger partial charge in [-0.1, -0.05) is 0 Å². The van der Waals surface area contributed by atoms with Gasteiger partial charge in [-0.15, -0.1) is 0 Å². The van der Waals surface area contributed by atoms with Crippen molar-refractivity contribution in [2.45, 2.75) is 13.8 Å². The molecule has 0 spiro atoms. The average Bonchev–Trinajstić information content (AvgIpc) is 3.24. The van der Waals surface area contributed by atoms with E-state index in [2.05, 4.69) is 41.2 Å². The number of anilines is 2. The van der Waals surface area contributed by atoms with Gasteiger partial charge in [0.15, 0.2) is 5.58 Å². The fourth-order valence-corrected chi connectivity index (χ4v) is 3.48. The smallest absolute Gasteiger partial charge is 0.255 e. The molecule has 0 bridgehead atoms. The molecule has 0 atom stereocenters. The molecule has 0 aliphatic heterocycles. The number of hydrogen-bond acceptors (Lipinski definition) is 5. The number of oxazole rings is 1. The van der Waals surface area contributed by atoms with Gasteiger partial charge in [-0.3, -0.25) is 4.79 Å². The SMILES string of the molecule is CCN(CC)c1ccc(-c2nc3cc(NC(=O)c4ccc(OC)cc4)ccc3o2)cc1. The van der Waals surface area contributed by atoms with Crippen molar-refractivity contribution in [2.75, 3.05) is 30.4 Å². The number of carbonyl (C=O) groups is 1. The number of methoxy groups -OCH3 is 1. The molecule has 0 aliphatic rings. The van der Waals surface area contributed by atoms with Gasteiger partial charge in [0.25, 0.3) is 5.91 Å². The summed E-state index contributed by atoms with van der Waals surface area (Å²) in [6.45, 7) is 6.21. The Morgan fingerprint density at radius 1 is 1.00 bits per heavy atom. The molecule has 1 amide bonds. The minimum atomic E-state index is -0.197. The highest BCUT2D eigenvalue weighted by Gasteiger charge is 2.12. The third-order valence-electron chi connectivity index (χ3n) is 5.24. The van der Waals surface area contributed by atoms with Gasteiger partial charge in [-0.05, 0) is 80.6 Å². The first-order valence-electron chi connectivity index (χ1n) is 10.3. The van der Waals surface area contributed by atoms with Gasteiger partial charge < -0.3 is 19.4 Å². The molecule has 31 heavy (non-hydrogen) atoms. The molecule has 6 heteroatoms. The number of amides is 1. The van der Waals surface area contributed by atoms with E-state index >= 15 is 0 Å². The fraction of sp³-hybridized carbons (Fsp3) is 0.200. The molecule has 0 saturated carbocycles. The molecular weight excluding hydrogens is 390 g/mol. The minimum Gasteiger partial charge on any atom is -0.497 e. The quantitative estimate of drug-likeness (QED) is 0.425. The Balaban J connectivity index is 1.53. The van der Waals surface area contributed by atoms with Gasteiger partial charge >= 0.3 is 0 Å². The van der Waals surface area contributed by atoms with E-state index in [4.69, 9.17) is 9.15 Å². The Hall–Kier alpha value is -3.80. The first-order chi connectivity index (χ1) is 15.1. The minimum absolute atomic E-state index is 0.197. The Labute approximate surface area is 181 Å². The fourth-order valence-electron chi connectivity index (χ4n) is 3.48. The summed E-state index contributed by atoms with van der Waals surface area (Å²) < 4.78 is 11.1. The third-order valence-corrected chi connectivity index (χ3v) is 5.24. The number of aromatic nitrogens is 1. The van der Waals surface area contributed by atoms with Gasteiger partial charge in [-0.2, -0.15) is 0 Å². The first-order valence-corrected chi connectivity index (χ1v) is 10.3. The molecule has 1 heterocycles. The maximum absolute atomic E-state index is 12.5. The summed E-state index contributed by atoms with van der Waals surface area (Å²) in [4.78, 5) is 19.4. The zero-order valence-corrected chi connectivity index (χ0v) is 17.9. The van der Waals surface area contributed by atoms with Crippen LogP contribution in [-0.2, 0) is 0 Å². The Bertz CT molecular complexity index is 1180. The van der Waals surface area contributed by atoms with E-state index in [0.29, 0.717) is 34.0 Å². The van der Waals surface area contributed by atoms with Crippen LogP contribution in [0.15, 0.2) is 71.1 Å². The van der Waals surface area contributed by atoms with Crippen molar-refractivity contribution in [3.8, 4) is 17.2 Å². The van der Waals surface area contributed by atoms with E-state index in [9.17, 15) is 4.79 Å². The van der Waals surface area contributed by atoms with Crippen LogP contribution in [0.3, 0.4) is 0 Å². The van der Waals surface area contributed by atoms with Crippen LogP contribution in [-0.4, -0.2) is 31.1 Å². The van der Waals surface area contributed by atoms with E-state index < -0.39 is 0 Å². The van der Waals surface area contributed by atoms with Crippen molar-refractivity contribution in [3.05, 3.63) is 72.3 Å². The summed E-state index contributed by atoms with van der Waals surface area (Å²) >= 11 is 0. The van der Waals surface area contributed by atoms with Crippen molar-refractivity contribution in [1.82, 2.24) is 4.98 Å². The molecule has 4 rings (SSSR count). The molecule has 3 aromatic carbocycles. The molecule has 0 unspecified atom stereocenters. The van der Waals surface area contributed by atoms with E-state index in [-0.39, 0.29) is 5.91 Å². The van der Waals surface area contributed by atoms with Gasteiger partial charge in [0.1, 0.15) is 11.3 Å². The zero-order valence-electron chi connectivity index (χ0n) is 17.9. The Morgan fingerprint density at radius 3 is 2.35 bits per heavy atom. The van der Waals surface area contributed by atoms with Crippen LogP contribution < -0.4 is 15.0 Å². The second-order valence-electron chi connectivity index (χ2n) is 7.10. The van der Waals surface area contributed by atoms with E-state index in [1.54, 1.807) is 31.4 Å². The molecule has 0 saturated heterocycles. The van der Waals surface area contributed by atoms with Crippen LogP contribution in [0.5, 0.6) is 5.75 Å². The second-order valence-corrected chi connectivity index (χ2v) is 7.10. The molecule has 0 radical (unpaired) electrons. The maximum atomic E-state index is 12.5. The highest BCUT2D eigenvalue weighted by molar-refractivity contribution is 6.05. The topological polar surface area (TPSA) is 67.6 Å². The van der Waals surface area contributed by atoms with Crippen LogP contribution in [0.25, 0.3) is 22.6 Å². The number of nitrogens with one attached hydrogen (secondary N) is 1. The van der Waals surface area contributed by atoms with Crippen LogP contribution in [0.4, 0.5) is 11.4 Å². The molecule has 6 nitrogen and oxygen atoms in total. The molecule has 1 N–H and O–H groups in total. The second kappa shape index (κ2) is 8.92. The Kier molecular flexibility index (Phi) is 5.89. The maximum Gasteiger partial charge on any atom is 0.255 e. The van der Waals surface area contributed by atoms with Crippen molar-refractivity contribution in [2.24, 2.45) is 0 Å². The number of fused-ring (bicyclic) bond motifs is 1. The summed E-state index contributed by atoms with van der Waals surface area (Å²) in [7, 11) is 1.59. The highest BCUT2D eigenvalue weighted by atomic mass is 16.5. The number of nitrogens with zero attached hydrogens (tertiary/aromatic N) is 2. The number of ether oxygens (including phenoxy) is 1. The normalized spacial score (nSPS) is 10.8. The van der Waals surface area contributed by atoms with E-state index in [0.717, 1.165) is 18.7 Å². The van der Waals surface area contributed by atoms with Crippen LogP contribution in [0, 0.1) is 0 Å². The lowest BCUT2D eigenvalue weighted by molar-refractivity contribution is 0.102. The first kappa shape index (κ1) is 20.5. The lowest BCUT2D eigenvalue weighted by Crippen LogP contribution is -2.21. The molecular formula is C25H25N3O3. The van der Waals surface area contributed by atoms with Crippen LogP contribution >= 0.6 is 0 Å². The largest absolute Gasteiger partial charge is 0.497 e. The van der Waals surface area contributed by atoms with E-state index in [1.165, 1.54) is 5.69 Å². The van der Waals surface area contributed by atoms with Crippen LogP contribution in [0.2, 0.25) is 0 Å². The zero-order chi connectivity index (χ0) is 21.8. The summed E-state index contributed by atoms with van der Waals surface area (Å²) in [5.74, 6) is 1.07. The summed E-state index contributed by atoms with van der Waals surface area (Å²) in [5.41, 5.74) is 4.66. The summed E-state index contributed by atoms with van der Waals surface area (Å²) in [6, 6.07) is 20.6. The number of hydrogen-bond donors (Lipinski definition) is 1. The number of benzene rings is 3. The van der Waals surface area contributed by atoms with E-state index in [1.807, 2.05) is 30.3 Å². The van der Waals surface area contributed by atoms with Crippen molar-refractivity contribution < 1.29 is 13.9 Å². The van der Waals surface area contributed by atoms with Crippen LogP contribution in [0.1, 0.15) is 24.2 Å². The summed E-state index contributed by atoms with van der Waals surface area (Å²) in [6.07, 6.45) is 0. The van der Waals surface area contributed by atoms with Gasteiger partial charge in [0.2, 0.25) is 5.89 Å². The van der Waals surface area contributed by atoms with Gasteiger partial charge in [0, 0.05) is 35.6 Å². The van der Waals surface area contributed by atoms with Gasteiger partial charge in [-0.25, -0.2) is 4.98 Å². The lowest BCUT2D eigenvalue weighted by Gasteiger charge is -2.20. The molecule has 0 aliphatic carbocycles. The lowest BCUT2D eigenvalue weighted by atomic mass is 10.2. The molecule has 158 valence electrons. The van der Waals surface area contributed by atoms with Crippen molar-refractivity contribution in [1.29, 1.82) is 0 Å². The predicted molar refractivity (Wildman–Crippen MR) is 124 cm³/mol.